The third kappa shape index (κ3) is 3.39. The largest absolute Gasteiger partial charge is 0.487 e. The van der Waals surface area contributed by atoms with Gasteiger partial charge in [-0.05, 0) is 36.8 Å². The fraction of sp³-hybridized carbons (Fsp3) is 0.231. The maximum Gasteiger partial charge on any atom is 0.138 e. The number of rotatable bonds is 4. The van der Waals surface area contributed by atoms with Crippen molar-refractivity contribution in [2.45, 2.75) is 19.6 Å². The van der Waals surface area contributed by atoms with E-state index in [9.17, 15) is 0 Å². The maximum atomic E-state index is 6.14. The highest BCUT2D eigenvalue weighted by Gasteiger charge is 2.07. The first-order valence-corrected chi connectivity index (χ1v) is 7.05. The zero-order valence-corrected chi connectivity index (χ0v) is 12.1. The first-order valence-electron chi connectivity index (χ1n) is 5.48. The summed E-state index contributed by atoms with van der Waals surface area (Å²) in [6, 6.07) is 9.36. The lowest BCUT2D eigenvalue weighted by Crippen LogP contribution is -2.05. The zero-order valence-electron chi connectivity index (χ0n) is 9.82. The zero-order chi connectivity index (χ0) is 13.1. The van der Waals surface area contributed by atoms with Crippen molar-refractivity contribution in [2.24, 2.45) is 5.73 Å². The molecule has 1 unspecified atom stereocenters. The molecule has 0 saturated carbocycles. The number of ether oxygens (including phenoxy) is 1. The van der Waals surface area contributed by atoms with Crippen molar-refractivity contribution in [3.05, 3.63) is 50.1 Å². The molecule has 0 spiro atoms. The number of nitrogens with two attached hydrogens (primary N) is 1. The summed E-state index contributed by atoms with van der Waals surface area (Å²) >= 11 is 13.5. The van der Waals surface area contributed by atoms with Crippen LogP contribution in [-0.4, -0.2) is 0 Å². The molecule has 5 heteroatoms. The maximum absolute atomic E-state index is 6.14. The lowest BCUT2D eigenvalue weighted by molar-refractivity contribution is 0.310. The Kier molecular flexibility index (Phi) is 4.51. The van der Waals surface area contributed by atoms with Gasteiger partial charge in [-0.3, -0.25) is 0 Å². The Morgan fingerprint density at radius 3 is 2.61 bits per heavy atom. The number of halogens is 2. The molecule has 18 heavy (non-hydrogen) atoms. The number of hydrogen-bond donors (Lipinski definition) is 1. The van der Waals surface area contributed by atoms with Crippen LogP contribution in [0.25, 0.3) is 0 Å². The van der Waals surface area contributed by atoms with Crippen LogP contribution in [0.1, 0.15) is 23.4 Å². The van der Waals surface area contributed by atoms with Crippen molar-refractivity contribution in [1.29, 1.82) is 0 Å². The van der Waals surface area contributed by atoms with Gasteiger partial charge in [0.05, 0.1) is 9.36 Å². The molecule has 0 fully saturated rings. The average molecular weight is 302 g/mol. The summed E-state index contributed by atoms with van der Waals surface area (Å²) in [5.41, 5.74) is 6.78. The Labute approximate surface area is 120 Å². The van der Waals surface area contributed by atoms with Gasteiger partial charge >= 0.3 is 0 Å². The molecule has 1 atom stereocenters. The Hall–Kier alpha value is -0.740. The second-order valence-corrected chi connectivity index (χ2v) is 6.18. The van der Waals surface area contributed by atoms with Gasteiger partial charge in [0.1, 0.15) is 12.4 Å². The van der Waals surface area contributed by atoms with Crippen molar-refractivity contribution in [3.63, 3.8) is 0 Å². The molecule has 2 aromatic rings. The summed E-state index contributed by atoms with van der Waals surface area (Å²) in [5.74, 6) is 0.658. The van der Waals surface area contributed by atoms with Gasteiger partial charge in [-0.15, -0.1) is 11.3 Å². The van der Waals surface area contributed by atoms with Gasteiger partial charge in [-0.2, -0.15) is 0 Å². The number of benzene rings is 1. The molecule has 0 aliphatic carbocycles. The van der Waals surface area contributed by atoms with E-state index in [4.69, 9.17) is 33.7 Å². The fourth-order valence-corrected chi connectivity index (χ4v) is 2.74. The first-order chi connectivity index (χ1) is 8.56. The van der Waals surface area contributed by atoms with Gasteiger partial charge in [0.25, 0.3) is 0 Å². The summed E-state index contributed by atoms with van der Waals surface area (Å²) in [5, 5.41) is 0.576. The van der Waals surface area contributed by atoms with Crippen LogP contribution >= 0.6 is 34.5 Å². The standard InChI is InChI=1S/C13H13Cl2NOS/c1-8(16)9-2-4-12(11(14)6-9)17-7-10-3-5-13(15)18-10/h2-6,8H,7,16H2,1H3. The lowest BCUT2D eigenvalue weighted by atomic mass is 10.1. The summed E-state index contributed by atoms with van der Waals surface area (Å²) in [6.07, 6.45) is 0. The molecule has 0 aliphatic rings. The molecular formula is C13H13Cl2NOS. The molecule has 0 bridgehead atoms. The highest BCUT2D eigenvalue weighted by Crippen LogP contribution is 2.29. The summed E-state index contributed by atoms with van der Waals surface area (Å²) in [7, 11) is 0. The van der Waals surface area contributed by atoms with Crippen molar-refractivity contribution in [2.75, 3.05) is 0 Å². The minimum atomic E-state index is -0.0346. The van der Waals surface area contributed by atoms with Crippen molar-refractivity contribution >= 4 is 34.5 Å². The number of hydrogen-bond acceptors (Lipinski definition) is 3. The van der Waals surface area contributed by atoms with Gasteiger partial charge < -0.3 is 10.5 Å². The van der Waals surface area contributed by atoms with Gasteiger partial charge in [0.15, 0.2) is 0 Å². The van der Waals surface area contributed by atoms with Crippen LogP contribution in [0.4, 0.5) is 0 Å². The van der Waals surface area contributed by atoms with Gasteiger partial charge in [-0.25, -0.2) is 0 Å². The Morgan fingerprint density at radius 1 is 1.28 bits per heavy atom. The van der Waals surface area contributed by atoms with Crippen LogP contribution in [0, 0.1) is 0 Å². The monoisotopic (exact) mass is 301 g/mol. The van der Waals surface area contributed by atoms with Crippen LogP contribution in [0.5, 0.6) is 5.75 Å². The summed E-state index contributed by atoms with van der Waals surface area (Å²) in [6.45, 7) is 2.38. The number of thiophene rings is 1. The molecule has 0 radical (unpaired) electrons. The van der Waals surface area contributed by atoms with Gasteiger partial charge in [0, 0.05) is 10.9 Å². The normalized spacial score (nSPS) is 12.4. The Morgan fingerprint density at radius 2 is 2.06 bits per heavy atom. The van der Waals surface area contributed by atoms with Crippen LogP contribution in [0.15, 0.2) is 30.3 Å². The Bertz CT molecular complexity index is 540. The van der Waals surface area contributed by atoms with E-state index in [0.29, 0.717) is 17.4 Å². The second-order valence-electron chi connectivity index (χ2n) is 3.97. The quantitative estimate of drug-likeness (QED) is 0.892. The van der Waals surface area contributed by atoms with E-state index in [1.54, 1.807) is 0 Å². The molecule has 96 valence electrons. The highest BCUT2D eigenvalue weighted by molar-refractivity contribution is 7.16. The second kappa shape index (κ2) is 5.93. The van der Waals surface area contributed by atoms with Crippen molar-refractivity contribution < 1.29 is 4.74 Å². The molecule has 2 N–H and O–H groups in total. The minimum Gasteiger partial charge on any atom is -0.487 e. The lowest BCUT2D eigenvalue weighted by Gasteiger charge is -2.10. The van der Waals surface area contributed by atoms with E-state index in [1.807, 2.05) is 37.3 Å². The SMILES string of the molecule is CC(N)c1ccc(OCc2ccc(Cl)s2)c(Cl)c1. The summed E-state index contributed by atoms with van der Waals surface area (Å²) in [4.78, 5) is 1.06. The van der Waals surface area contributed by atoms with E-state index in [-0.39, 0.29) is 6.04 Å². The molecule has 2 rings (SSSR count). The third-order valence-electron chi connectivity index (χ3n) is 2.48. The molecule has 1 aromatic carbocycles. The van der Waals surface area contributed by atoms with Gasteiger partial charge in [-0.1, -0.05) is 29.3 Å². The van der Waals surface area contributed by atoms with E-state index >= 15 is 0 Å². The molecule has 2 nitrogen and oxygen atoms in total. The smallest absolute Gasteiger partial charge is 0.138 e. The molecular weight excluding hydrogens is 289 g/mol. The topological polar surface area (TPSA) is 35.2 Å². The Balaban J connectivity index is 2.05. The van der Waals surface area contributed by atoms with E-state index in [0.717, 1.165) is 14.8 Å². The van der Waals surface area contributed by atoms with Gasteiger partial charge in [0.2, 0.25) is 0 Å². The van der Waals surface area contributed by atoms with Crippen molar-refractivity contribution in [1.82, 2.24) is 0 Å². The van der Waals surface area contributed by atoms with Crippen LogP contribution in [-0.2, 0) is 6.61 Å². The fourth-order valence-electron chi connectivity index (χ4n) is 1.50. The van der Waals surface area contributed by atoms with E-state index < -0.39 is 0 Å². The van der Waals surface area contributed by atoms with Crippen LogP contribution < -0.4 is 10.5 Å². The molecule has 1 heterocycles. The minimum absolute atomic E-state index is 0.0346. The van der Waals surface area contributed by atoms with Crippen LogP contribution in [0.3, 0.4) is 0 Å². The van der Waals surface area contributed by atoms with Crippen molar-refractivity contribution in [3.8, 4) is 5.75 Å². The predicted octanol–water partition coefficient (Wildman–Crippen LogP) is 4.65. The molecule has 0 aliphatic heterocycles. The first kappa shape index (κ1) is 13.7. The third-order valence-corrected chi connectivity index (χ3v) is 3.98. The predicted molar refractivity (Wildman–Crippen MR) is 77.7 cm³/mol. The molecule has 0 amide bonds. The molecule has 0 saturated heterocycles. The van der Waals surface area contributed by atoms with E-state index in [2.05, 4.69) is 0 Å². The van der Waals surface area contributed by atoms with Crippen LogP contribution in [0.2, 0.25) is 9.36 Å². The highest BCUT2D eigenvalue weighted by atomic mass is 35.5. The summed E-state index contributed by atoms with van der Waals surface area (Å²) < 4.78 is 6.41. The molecule has 1 aromatic heterocycles. The van der Waals surface area contributed by atoms with E-state index in [1.165, 1.54) is 11.3 Å². The average Bonchev–Trinajstić information content (AvgIpc) is 2.73.